The van der Waals surface area contributed by atoms with Gasteiger partial charge in [0.15, 0.2) is 0 Å². The van der Waals surface area contributed by atoms with Gasteiger partial charge in [-0.15, -0.1) is 0 Å². The topological polar surface area (TPSA) is 50.3 Å². The number of nitrogen functional groups attached to an aromatic ring is 1. The summed E-state index contributed by atoms with van der Waals surface area (Å²) in [7, 11) is 2.22. The molecule has 0 radical (unpaired) electrons. The highest BCUT2D eigenvalue weighted by Gasteiger charge is 2.28. The Kier molecular flexibility index (Phi) is 5.20. The summed E-state index contributed by atoms with van der Waals surface area (Å²) in [5, 5.41) is 5.41. The highest BCUT2D eigenvalue weighted by atomic mass is 35.5. The van der Waals surface area contributed by atoms with E-state index in [0.29, 0.717) is 16.8 Å². The molecule has 1 aliphatic heterocycles. The van der Waals surface area contributed by atoms with E-state index in [1.54, 1.807) is 0 Å². The molecule has 140 valence electrons. The van der Waals surface area contributed by atoms with Crippen LogP contribution in [0.3, 0.4) is 0 Å². The number of likely N-dealkylation sites (N-methyl/N-ethyl adjacent to an activating group) is 1. The van der Waals surface area contributed by atoms with Gasteiger partial charge >= 0.3 is 0 Å². The SMILES string of the molecule is CN1CCN(C2CCC(n3ccc(-c4ccc(N)c(Cl)c4)n3)CC2)CC1. The van der Waals surface area contributed by atoms with Crippen LogP contribution in [-0.4, -0.2) is 58.8 Å². The van der Waals surface area contributed by atoms with Gasteiger partial charge in [-0.25, -0.2) is 0 Å². The molecule has 2 aliphatic rings. The number of hydrogen-bond donors (Lipinski definition) is 1. The van der Waals surface area contributed by atoms with Crippen LogP contribution in [0.15, 0.2) is 30.5 Å². The van der Waals surface area contributed by atoms with Crippen molar-refractivity contribution in [2.45, 2.75) is 37.8 Å². The lowest BCUT2D eigenvalue weighted by Crippen LogP contribution is -2.49. The van der Waals surface area contributed by atoms with Crippen LogP contribution < -0.4 is 5.73 Å². The van der Waals surface area contributed by atoms with Crippen LogP contribution >= 0.6 is 11.6 Å². The number of rotatable bonds is 3. The quantitative estimate of drug-likeness (QED) is 0.836. The molecule has 2 aromatic rings. The number of piperazine rings is 1. The van der Waals surface area contributed by atoms with Gasteiger partial charge in [-0.05, 0) is 50.9 Å². The monoisotopic (exact) mass is 373 g/mol. The van der Waals surface area contributed by atoms with E-state index in [4.69, 9.17) is 22.4 Å². The summed E-state index contributed by atoms with van der Waals surface area (Å²) < 4.78 is 2.15. The summed E-state index contributed by atoms with van der Waals surface area (Å²) in [5.74, 6) is 0. The van der Waals surface area contributed by atoms with Crippen molar-refractivity contribution in [1.29, 1.82) is 0 Å². The molecular formula is C20H28ClN5. The zero-order valence-electron chi connectivity index (χ0n) is 15.4. The van der Waals surface area contributed by atoms with Crippen LogP contribution in [0.5, 0.6) is 0 Å². The molecule has 0 amide bonds. The Hall–Kier alpha value is -1.56. The fraction of sp³-hybridized carbons (Fsp3) is 0.550. The summed E-state index contributed by atoms with van der Waals surface area (Å²) in [6.45, 7) is 4.84. The Labute approximate surface area is 160 Å². The minimum absolute atomic E-state index is 0.511. The average Bonchev–Trinajstić information content (AvgIpc) is 3.15. The highest BCUT2D eigenvalue weighted by Crippen LogP contribution is 2.32. The summed E-state index contributed by atoms with van der Waals surface area (Å²) in [6, 6.07) is 9.07. The van der Waals surface area contributed by atoms with Gasteiger partial charge < -0.3 is 10.6 Å². The van der Waals surface area contributed by atoms with E-state index in [1.165, 1.54) is 51.9 Å². The van der Waals surface area contributed by atoms with Crippen molar-refractivity contribution in [3.63, 3.8) is 0 Å². The van der Waals surface area contributed by atoms with E-state index in [2.05, 4.69) is 33.8 Å². The molecule has 2 fully saturated rings. The number of aromatic nitrogens is 2. The van der Waals surface area contributed by atoms with E-state index in [9.17, 15) is 0 Å². The van der Waals surface area contributed by atoms with Crippen molar-refractivity contribution in [2.24, 2.45) is 0 Å². The molecule has 0 atom stereocenters. The molecule has 1 aliphatic carbocycles. The number of hydrogen-bond acceptors (Lipinski definition) is 4. The summed E-state index contributed by atoms with van der Waals surface area (Å²) >= 11 is 6.15. The molecule has 6 heteroatoms. The average molecular weight is 374 g/mol. The van der Waals surface area contributed by atoms with Crippen LogP contribution in [-0.2, 0) is 0 Å². The fourth-order valence-electron chi connectivity index (χ4n) is 4.26. The van der Waals surface area contributed by atoms with Gasteiger partial charge in [0, 0.05) is 44.0 Å². The zero-order valence-corrected chi connectivity index (χ0v) is 16.2. The maximum atomic E-state index is 6.15. The van der Waals surface area contributed by atoms with Crippen molar-refractivity contribution < 1.29 is 0 Å². The van der Waals surface area contributed by atoms with E-state index < -0.39 is 0 Å². The van der Waals surface area contributed by atoms with Crippen LogP contribution in [0.4, 0.5) is 5.69 Å². The number of benzene rings is 1. The second-order valence-electron chi connectivity index (χ2n) is 7.72. The molecule has 0 unspecified atom stereocenters. The molecular weight excluding hydrogens is 346 g/mol. The van der Waals surface area contributed by atoms with E-state index in [-0.39, 0.29) is 0 Å². The number of nitrogens with two attached hydrogens (primary N) is 1. The van der Waals surface area contributed by atoms with Crippen LogP contribution in [0, 0.1) is 0 Å². The molecule has 5 nitrogen and oxygen atoms in total. The first-order valence-corrected chi connectivity index (χ1v) is 10.0. The van der Waals surface area contributed by atoms with E-state index in [1.807, 2.05) is 18.2 Å². The third-order valence-corrected chi connectivity index (χ3v) is 6.33. The van der Waals surface area contributed by atoms with Gasteiger partial charge in [-0.1, -0.05) is 17.7 Å². The summed E-state index contributed by atoms with van der Waals surface area (Å²) in [6.07, 6.45) is 7.08. The molecule has 1 aromatic heterocycles. The van der Waals surface area contributed by atoms with Crippen LogP contribution in [0.1, 0.15) is 31.7 Å². The number of nitrogens with zero attached hydrogens (tertiary/aromatic N) is 4. The zero-order chi connectivity index (χ0) is 18.1. The minimum Gasteiger partial charge on any atom is -0.398 e. The second-order valence-corrected chi connectivity index (χ2v) is 8.13. The number of halogens is 1. The molecule has 0 bridgehead atoms. The van der Waals surface area contributed by atoms with Crippen molar-refractivity contribution >= 4 is 17.3 Å². The van der Waals surface area contributed by atoms with Gasteiger partial charge in [0.1, 0.15) is 0 Å². The molecule has 26 heavy (non-hydrogen) atoms. The standard InChI is InChI=1S/C20H28ClN5/c1-24-10-12-25(13-11-24)16-3-5-17(6-4-16)26-9-8-20(23-26)15-2-7-19(22)18(21)14-15/h2,7-9,14,16-17H,3-6,10-13,22H2,1H3. The Morgan fingerprint density at radius 2 is 1.69 bits per heavy atom. The van der Waals surface area contributed by atoms with E-state index >= 15 is 0 Å². The Morgan fingerprint density at radius 1 is 1.00 bits per heavy atom. The normalized spacial score (nSPS) is 25.5. The predicted octanol–water partition coefficient (Wildman–Crippen LogP) is 3.52. The highest BCUT2D eigenvalue weighted by molar-refractivity contribution is 6.33. The molecule has 0 spiro atoms. The lowest BCUT2D eigenvalue weighted by molar-refractivity contribution is 0.0811. The van der Waals surface area contributed by atoms with Gasteiger partial charge in [0.25, 0.3) is 0 Å². The van der Waals surface area contributed by atoms with Crippen LogP contribution in [0.25, 0.3) is 11.3 Å². The molecule has 2 heterocycles. The molecule has 1 aromatic carbocycles. The second kappa shape index (κ2) is 7.59. The Bertz CT molecular complexity index is 742. The van der Waals surface area contributed by atoms with Crippen molar-refractivity contribution in [2.75, 3.05) is 39.0 Å². The Morgan fingerprint density at radius 3 is 2.38 bits per heavy atom. The third kappa shape index (κ3) is 3.75. The van der Waals surface area contributed by atoms with E-state index in [0.717, 1.165) is 17.3 Å². The first kappa shape index (κ1) is 17.8. The van der Waals surface area contributed by atoms with Crippen molar-refractivity contribution in [3.8, 4) is 11.3 Å². The molecule has 2 N–H and O–H groups in total. The lowest BCUT2D eigenvalue weighted by Gasteiger charge is -2.41. The van der Waals surface area contributed by atoms with Gasteiger partial charge in [0.05, 0.1) is 22.4 Å². The van der Waals surface area contributed by atoms with Crippen LogP contribution in [0.2, 0.25) is 5.02 Å². The molecule has 4 rings (SSSR count). The molecule has 1 saturated heterocycles. The van der Waals surface area contributed by atoms with Crippen molar-refractivity contribution in [3.05, 3.63) is 35.5 Å². The first-order chi connectivity index (χ1) is 12.6. The maximum absolute atomic E-state index is 6.15. The number of anilines is 1. The first-order valence-electron chi connectivity index (χ1n) is 9.63. The minimum atomic E-state index is 0.511. The molecule has 1 saturated carbocycles. The smallest absolute Gasteiger partial charge is 0.0923 e. The van der Waals surface area contributed by atoms with Gasteiger partial charge in [0.2, 0.25) is 0 Å². The van der Waals surface area contributed by atoms with Gasteiger partial charge in [-0.3, -0.25) is 9.58 Å². The summed E-state index contributed by atoms with van der Waals surface area (Å²) in [5.41, 5.74) is 8.40. The summed E-state index contributed by atoms with van der Waals surface area (Å²) in [4.78, 5) is 5.12. The fourth-order valence-corrected chi connectivity index (χ4v) is 4.44. The predicted molar refractivity (Wildman–Crippen MR) is 107 cm³/mol. The van der Waals surface area contributed by atoms with Gasteiger partial charge in [-0.2, -0.15) is 5.10 Å². The maximum Gasteiger partial charge on any atom is 0.0923 e. The third-order valence-electron chi connectivity index (χ3n) is 6.00. The largest absolute Gasteiger partial charge is 0.398 e. The lowest BCUT2D eigenvalue weighted by atomic mass is 9.90. The van der Waals surface area contributed by atoms with Crippen molar-refractivity contribution in [1.82, 2.24) is 19.6 Å². The Balaban J connectivity index is 1.38.